The van der Waals surface area contributed by atoms with Gasteiger partial charge in [-0.2, -0.15) is 0 Å². The molecule has 1 atom stereocenters. The van der Waals surface area contributed by atoms with Gasteiger partial charge in [0.25, 0.3) is 0 Å². The number of carbonyl (C=O) groups excluding carboxylic acids is 1. The summed E-state index contributed by atoms with van der Waals surface area (Å²) in [5.41, 5.74) is 0. The van der Waals surface area contributed by atoms with E-state index < -0.39 is 18.1 Å². The second kappa shape index (κ2) is 7.24. The van der Waals surface area contributed by atoms with E-state index in [0.717, 1.165) is 32.1 Å². The van der Waals surface area contributed by atoms with Crippen LogP contribution >= 0.6 is 0 Å². The van der Waals surface area contributed by atoms with Crippen LogP contribution in [-0.4, -0.2) is 40.8 Å². The number of carboxylic acid groups (broad SMARTS) is 1. The zero-order valence-electron chi connectivity index (χ0n) is 11.2. The number of amides is 1. The Hall–Kier alpha value is -1.26. The lowest BCUT2D eigenvalue weighted by atomic mass is 9.93. The molecule has 1 N–H and O–H groups in total. The largest absolute Gasteiger partial charge is 0.480 e. The first-order chi connectivity index (χ1) is 8.61. The Morgan fingerprint density at radius 2 is 1.89 bits per heavy atom. The van der Waals surface area contributed by atoms with Gasteiger partial charge in [0.15, 0.2) is 0 Å². The molecule has 0 spiro atoms. The summed E-state index contributed by atoms with van der Waals surface area (Å²) in [5, 5.41) is 9.24. The summed E-state index contributed by atoms with van der Waals surface area (Å²) in [7, 11) is 0. The Labute approximate surface area is 108 Å². The van der Waals surface area contributed by atoms with Crippen molar-refractivity contribution in [3.05, 3.63) is 0 Å². The van der Waals surface area contributed by atoms with Gasteiger partial charge < -0.3 is 9.84 Å². The summed E-state index contributed by atoms with van der Waals surface area (Å²) in [6.45, 7) is 3.80. The van der Waals surface area contributed by atoms with Crippen LogP contribution in [0.3, 0.4) is 0 Å². The molecule has 1 amide bonds. The van der Waals surface area contributed by atoms with Crippen LogP contribution in [0.4, 0.5) is 4.79 Å². The van der Waals surface area contributed by atoms with Gasteiger partial charge in [0.05, 0.1) is 6.61 Å². The maximum absolute atomic E-state index is 12.0. The molecule has 0 heterocycles. The summed E-state index contributed by atoms with van der Waals surface area (Å²) in [6.07, 6.45) is 4.94. The monoisotopic (exact) mass is 257 g/mol. The van der Waals surface area contributed by atoms with E-state index in [1.165, 1.54) is 4.90 Å². The quantitative estimate of drug-likeness (QED) is 0.822. The molecule has 5 nitrogen and oxygen atoms in total. The second-order valence-corrected chi connectivity index (χ2v) is 4.66. The number of rotatable bonds is 5. The number of carboxylic acids is 1. The molecule has 1 fully saturated rings. The van der Waals surface area contributed by atoms with E-state index in [1.54, 1.807) is 13.8 Å². The maximum atomic E-state index is 12.0. The first kappa shape index (κ1) is 14.8. The highest BCUT2D eigenvalue weighted by molar-refractivity contribution is 5.80. The van der Waals surface area contributed by atoms with Crippen molar-refractivity contribution in [2.24, 2.45) is 0 Å². The Kier molecular flexibility index (Phi) is 5.95. The minimum atomic E-state index is -0.948. The molecule has 1 saturated carbocycles. The second-order valence-electron chi connectivity index (χ2n) is 4.66. The molecular formula is C13H23NO4. The van der Waals surface area contributed by atoms with Crippen molar-refractivity contribution in [3.63, 3.8) is 0 Å². The third-order valence-corrected chi connectivity index (χ3v) is 3.45. The van der Waals surface area contributed by atoms with E-state index in [0.29, 0.717) is 6.42 Å². The minimum Gasteiger partial charge on any atom is -0.480 e. The molecule has 18 heavy (non-hydrogen) atoms. The fourth-order valence-electron chi connectivity index (χ4n) is 2.58. The first-order valence-corrected chi connectivity index (χ1v) is 6.79. The van der Waals surface area contributed by atoms with Crippen LogP contribution in [0.2, 0.25) is 0 Å². The van der Waals surface area contributed by atoms with Gasteiger partial charge in [-0.1, -0.05) is 26.2 Å². The van der Waals surface area contributed by atoms with Crippen LogP contribution in [0.1, 0.15) is 52.4 Å². The summed E-state index contributed by atoms with van der Waals surface area (Å²) >= 11 is 0. The highest BCUT2D eigenvalue weighted by Gasteiger charge is 2.35. The van der Waals surface area contributed by atoms with Gasteiger partial charge in [0, 0.05) is 6.04 Å². The molecule has 0 aliphatic heterocycles. The van der Waals surface area contributed by atoms with E-state index in [4.69, 9.17) is 4.74 Å². The number of carbonyl (C=O) groups is 2. The average molecular weight is 257 g/mol. The standard InChI is InChI=1S/C13H23NO4/c1-3-11(12(15)16)14(13(17)18-4-2)10-8-6-5-7-9-10/h10-11H,3-9H2,1-2H3,(H,15,16). The van der Waals surface area contributed by atoms with Crippen molar-refractivity contribution >= 4 is 12.1 Å². The molecule has 1 aliphatic rings. The van der Waals surface area contributed by atoms with E-state index in [2.05, 4.69) is 0 Å². The third kappa shape index (κ3) is 3.62. The maximum Gasteiger partial charge on any atom is 0.410 e. The molecule has 104 valence electrons. The van der Waals surface area contributed by atoms with Crippen LogP contribution in [0.25, 0.3) is 0 Å². The highest BCUT2D eigenvalue weighted by atomic mass is 16.6. The van der Waals surface area contributed by atoms with Crippen molar-refractivity contribution in [2.45, 2.75) is 64.5 Å². The van der Waals surface area contributed by atoms with E-state index in [1.807, 2.05) is 0 Å². The lowest BCUT2D eigenvalue weighted by molar-refractivity contribution is -0.144. The summed E-state index contributed by atoms with van der Waals surface area (Å²) in [5.74, 6) is -0.948. The normalized spacial score (nSPS) is 18.1. The molecule has 0 aromatic carbocycles. The van der Waals surface area contributed by atoms with Crippen molar-refractivity contribution < 1.29 is 19.4 Å². The molecule has 0 radical (unpaired) electrons. The van der Waals surface area contributed by atoms with Gasteiger partial charge in [-0.25, -0.2) is 9.59 Å². The Morgan fingerprint density at radius 1 is 1.28 bits per heavy atom. The molecule has 0 aromatic heterocycles. The molecule has 5 heteroatoms. The van der Waals surface area contributed by atoms with Crippen LogP contribution in [0.5, 0.6) is 0 Å². The predicted molar refractivity (Wildman–Crippen MR) is 67.4 cm³/mol. The molecule has 0 saturated heterocycles. The summed E-state index contributed by atoms with van der Waals surface area (Å²) in [6, 6.07) is -0.758. The van der Waals surface area contributed by atoms with Crippen molar-refractivity contribution in [1.82, 2.24) is 4.90 Å². The molecule has 1 unspecified atom stereocenters. The van der Waals surface area contributed by atoms with Crippen LogP contribution < -0.4 is 0 Å². The van der Waals surface area contributed by atoms with Gasteiger partial charge in [-0.3, -0.25) is 4.90 Å². The number of hydrogen-bond acceptors (Lipinski definition) is 3. The number of aliphatic carboxylic acids is 1. The average Bonchev–Trinajstić information content (AvgIpc) is 2.36. The fraction of sp³-hybridized carbons (Fsp3) is 0.846. The van der Waals surface area contributed by atoms with Gasteiger partial charge in [-0.15, -0.1) is 0 Å². The molecule has 1 aliphatic carbocycles. The summed E-state index contributed by atoms with van der Waals surface area (Å²) < 4.78 is 5.01. The van der Waals surface area contributed by atoms with E-state index in [9.17, 15) is 14.7 Å². The molecule has 1 rings (SSSR count). The van der Waals surface area contributed by atoms with Gasteiger partial charge in [0.1, 0.15) is 6.04 Å². The lowest BCUT2D eigenvalue weighted by Gasteiger charge is -2.36. The minimum absolute atomic E-state index is 0.0128. The van der Waals surface area contributed by atoms with Gasteiger partial charge in [-0.05, 0) is 26.2 Å². The zero-order chi connectivity index (χ0) is 13.5. The highest BCUT2D eigenvalue weighted by Crippen LogP contribution is 2.26. The van der Waals surface area contributed by atoms with Gasteiger partial charge in [0.2, 0.25) is 0 Å². The molecular weight excluding hydrogens is 234 g/mol. The van der Waals surface area contributed by atoms with Crippen molar-refractivity contribution in [1.29, 1.82) is 0 Å². The SMILES string of the molecule is CCOC(=O)N(C1CCCCC1)C(CC)C(=O)O. The van der Waals surface area contributed by atoms with E-state index >= 15 is 0 Å². The third-order valence-electron chi connectivity index (χ3n) is 3.45. The predicted octanol–water partition coefficient (Wildman–Crippen LogP) is 2.64. The number of hydrogen-bond donors (Lipinski definition) is 1. The van der Waals surface area contributed by atoms with Crippen LogP contribution in [-0.2, 0) is 9.53 Å². The molecule has 0 bridgehead atoms. The van der Waals surface area contributed by atoms with Crippen molar-refractivity contribution in [2.75, 3.05) is 6.61 Å². The first-order valence-electron chi connectivity index (χ1n) is 6.79. The summed E-state index contributed by atoms with van der Waals surface area (Å²) in [4.78, 5) is 24.7. The Bertz CT molecular complexity index is 287. The number of ether oxygens (including phenoxy) is 1. The Morgan fingerprint density at radius 3 is 2.33 bits per heavy atom. The van der Waals surface area contributed by atoms with E-state index in [-0.39, 0.29) is 12.6 Å². The lowest BCUT2D eigenvalue weighted by Crippen LogP contribution is -2.51. The molecule has 0 aromatic rings. The van der Waals surface area contributed by atoms with Crippen LogP contribution in [0.15, 0.2) is 0 Å². The van der Waals surface area contributed by atoms with Crippen molar-refractivity contribution in [3.8, 4) is 0 Å². The van der Waals surface area contributed by atoms with Gasteiger partial charge >= 0.3 is 12.1 Å². The topological polar surface area (TPSA) is 66.8 Å². The number of nitrogens with zero attached hydrogens (tertiary/aromatic N) is 1. The zero-order valence-corrected chi connectivity index (χ0v) is 11.2. The van der Waals surface area contributed by atoms with Crippen LogP contribution in [0, 0.1) is 0 Å². The fourth-order valence-corrected chi connectivity index (χ4v) is 2.58. The Balaban J connectivity index is 2.84. The smallest absolute Gasteiger partial charge is 0.410 e.